The molecule has 0 aromatic carbocycles. The number of carboxylic acid groups (broad SMARTS) is 1. The minimum Gasteiger partial charge on any atom is -0.479 e. The maximum atomic E-state index is 10.1. The summed E-state index contributed by atoms with van der Waals surface area (Å²) >= 11 is 0. The second-order valence-electron chi connectivity index (χ2n) is 1.45. The van der Waals surface area contributed by atoms with E-state index in [4.69, 9.17) is 9.84 Å². The van der Waals surface area contributed by atoms with Gasteiger partial charge in [-0.05, 0) is 6.92 Å². The molecular formula is C6H10O3. The molecule has 0 aromatic heterocycles. The van der Waals surface area contributed by atoms with Gasteiger partial charge < -0.3 is 9.84 Å². The van der Waals surface area contributed by atoms with Crippen molar-refractivity contribution in [3.63, 3.8) is 0 Å². The number of rotatable bonds is 4. The molecule has 0 rings (SSSR count). The minimum absolute atomic E-state index is 0.392. The van der Waals surface area contributed by atoms with E-state index >= 15 is 0 Å². The highest BCUT2D eigenvalue weighted by Crippen LogP contribution is 1.91. The molecule has 52 valence electrons. The van der Waals surface area contributed by atoms with Crippen LogP contribution in [0.1, 0.15) is 6.92 Å². The molecule has 0 saturated carbocycles. The SMILES string of the molecule is C=CC(OCC)C(=O)O. The van der Waals surface area contributed by atoms with Crippen LogP contribution in [-0.4, -0.2) is 23.8 Å². The van der Waals surface area contributed by atoms with Crippen molar-refractivity contribution in [1.29, 1.82) is 0 Å². The van der Waals surface area contributed by atoms with Crippen LogP contribution in [0.2, 0.25) is 0 Å². The van der Waals surface area contributed by atoms with Gasteiger partial charge >= 0.3 is 5.97 Å². The summed E-state index contributed by atoms with van der Waals surface area (Å²) in [6.07, 6.45) is 0.404. The van der Waals surface area contributed by atoms with E-state index < -0.39 is 12.1 Å². The molecule has 1 unspecified atom stereocenters. The molecule has 0 spiro atoms. The van der Waals surface area contributed by atoms with Crippen LogP contribution >= 0.6 is 0 Å². The van der Waals surface area contributed by atoms with Crippen molar-refractivity contribution in [1.82, 2.24) is 0 Å². The predicted molar refractivity (Wildman–Crippen MR) is 33.2 cm³/mol. The topological polar surface area (TPSA) is 46.5 Å². The molecule has 9 heavy (non-hydrogen) atoms. The third-order valence-electron chi connectivity index (χ3n) is 0.804. The zero-order chi connectivity index (χ0) is 7.28. The second-order valence-corrected chi connectivity index (χ2v) is 1.45. The third-order valence-corrected chi connectivity index (χ3v) is 0.804. The van der Waals surface area contributed by atoms with Gasteiger partial charge in [0, 0.05) is 6.61 Å². The largest absolute Gasteiger partial charge is 0.479 e. The molecule has 0 aliphatic heterocycles. The maximum Gasteiger partial charge on any atom is 0.336 e. The van der Waals surface area contributed by atoms with E-state index in [1.807, 2.05) is 0 Å². The van der Waals surface area contributed by atoms with Crippen molar-refractivity contribution in [3.8, 4) is 0 Å². The lowest BCUT2D eigenvalue weighted by molar-refractivity contribution is -0.146. The van der Waals surface area contributed by atoms with Crippen molar-refractivity contribution in [3.05, 3.63) is 12.7 Å². The highest BCUT2D eigenvalue weighted by atomic mass is 16.5. The van der Waals surface area contributed by atoms with Gasteiger partial charge in [-0.2, -0.15) is 0 Å². The molecular weight excluding hydrogens is 120 g/mol. The van der Waals surface area contributed by atoms with Gasteiger partial charge in [0.25, 0.3) is 0 Å². The Labute approximate surface area is 53.9 Å². The zero-order valence-corrected chi connectivity index (χ0v) is 5.33. The molecule has 3 heteroatoms. The second kappa shape index (κ2) is 4.09. The molecule has 0 saturated heterocycles. The standard InChI is InChI=1S/C6H10O3/c1-3-5(6(7)8)9-4-2/h3,5H,1,4H2,2H3,(H,7,8). The van der Waals surface area contributed by atoms with E-state index in [9.17, 15) is 4.79 Å². The Morgan fingerprint density at radius 3 is 2.67 bits per heavy atom. The normalized spacial score (nSPS) is 12.6. The van der Waals surface area contributed by atoms with Gasteiger partial charge in [0.1, 0.15) is 0 Å². The van der Waals surface area contributed by atoms with Crippen LogP contribution in [0.15, 0.2) is 12.7 Å². The molecule has 0 bridgehead atoms. The lowest BCUT2D eigenvalue weighted by Gasteiger charge is -2.04. The fourth-order valence-electron chi connectivity index (χ4n) is 0.420. The number of hydrogen-bond acceptors (Lipinski definition) is 2. The van der Waals surface area contributed by atoms with E-state index in [0.717, 1.165) is 0 Å². The molecule has 0 fully saturated rings. The first-order valence-electron chi connectivity index (χ1n) is 2.69. The summed E-state index contributed by atoms with van der Waals surface area (Å²) in [7, 11) is 0. The van der Waals surface area contributed by atoms with Gasteiger partial charge in [-0.3, -0.25) is 0 Å². The smallest absolute Gasteiger partial charge is 0.336 e. The summed E-state index contributed by atoms with van der Waals surface area (Å²) < 4.78 is 4.73. The summed E-state index contributed by atoms with van der Waals surface area (Å²) in [4.78, 5) is 10.1. The molecule has 0 aromatic rings. The monoisotopic (exact) mass is 130 g/mol. The van der Waals surface area contributed by atoms with Gasteiger partial charge in [-0.15, -0.1) is 0 Å². The number of ether oxygens (including phenoxy) is 1. The Morgan fingerprint density at radius 1 is 2.00 bits per heavy atom. The van der Waals surface area contributed by atoms with Crippen LogP contribution in [0, 0.1) is 0 Å². The van der Waals surface area contributed by atoms with Gasteiger partial charge in [0.2, 0.25) is 0 Å². The Hall–Kier alpha value is -0.830. The summed E-state index contributed by atoms with van der Waals surface area (Å²) in [5.41, 5.74) is 0. The first-order chi connectivity index (χ1) is 4.22. The first-order valence-corrected chi connectivity index (χ1v) is 2.69. The van der Waals surface area contributed by atoms with Gasteiger partial charge in [0.15, 0.2) is 6.10 Å². The van der Waals surface area contributed by atoms with Gasteiger partial charge in [-0.25, -0.2) is 4.79 Å². The minimum atomic E-state index is -0.994. The van der Waals surface area contributed by atoms with Crippen LogP contribution in [0.5, 0.6) is 0 Å². The van der Waals surface area contributed by atoms with Gasteiger partial charge in [0.05, 0.1) is 0 Å². The van der Waals surface area contributed by atoms with Crippen LogP contribution in [0.25, 0.3) is 0 Å². The molecule has 0 heterocycles. The molecule has 0 radical (unpaired) electrons. The number of carboxylic acids is 1. The lowest BCUT2D eigenvalue weighted by atomic mass is 10.3. The van der Waals surface area contributed by atoms with E-state index in [0.29, 0.717) is 6.61 Å². The number of carbonyl (C=O) groups is 1. The first kappa shape index (κ1) is 8.17. The van der Waals surface area contributed by atoms with Crippen molar-refractivity contribution < 1.29 is 14.6 Å². The van der Waals surface area contributed by atoms with Crippen molar-refractivity contribution >= 4 is 5.97 Å². The predicted octanol–water partition coefficient (Wildman–Crippen LogP) is 0.662. The van der Waals surface area contributed by atoms with E-state index in [1.165, 1.54) is 6.08 Å². The average Bonchev–Trinajstić information content (AvgIpc) is 1.82. The van der Waals surface area contributed by atoms with E-state index in [2.05, 4.69) is 6.58 Å². The summed E-state index contributed by atoms with van der Waals surface area (Å²) in [5.74, 6) is -0.994. The van der Waals surface area contributed by atoms with Crippen LogP contribution in [0.4, 0.5) is 0 Å². The van der Waals surface area contributed by atoms with Crippen LogP contribution in [0.3, 0.4) is 0 Å². The highest BCUT2D eigenvalue weighted by Gasteiger charge is 2.10. The van der Waals surface area contributed by atoms with E-state index in [-0.39, 0.29) is 0 Å². The number of hydrogen-bond donors (Lipinski definition) is 1. The third kappa shape index (κ3) is 2.87. The highest BCUT2D eigenvalue weighted by molar-refractivity contribution is 5.74. The quantitative estimate of drug-likeness (QED) is 0.569. The molecule has 3 nitrogen and oxygen atoms in total. The molecule has 1 atom stereocenters. The van der Waals surface area contributed by atoms with Crippen molar-refractivity contribution in [2.75, 3.05) is 6.61 Å². The fraction of sp³-hybridized carbons (Fsp3) is 0.500. The Bertz CT molecular complexity index is 109. The van der Waals surface area contributed by atoms with Crippen molar-refractivity contribution in [2.24, 2.45) is 0 Å². The number of aliphatic carboxylic acids is 1. The van der Waals surface area contributed by atoms with Crippen molar-refractivity contribution in [2.45, 2.75) is 13.0 Å². The van der Waals surface area contributed by atoms with E-state index in [1.54, 1.807) is 6.92 Å². The molecule has 0 amide bonds. The lowest BCUT2D eigenvalue weighted by Crippen LogP contribution is -2.20. The summed E-state index contributed by atoms with van der Waals surface area (Å²) in [6, 6.07) is 0. The van der Waals surface area contributed by atoms with Gasteiger partial charge in [-0.1, -0.05) is 12.7 Å². The molecule has 1 N–H and O–H groups in total. The maximum absolute atomic E-state index is 10.1. The Balaban J connectivity index is 3.68. The molecule has 0 aliphatic rings. The molecule has 0 aliphatic carbocycles. The summed E-state index contributed by atoms with van der Waals surface area (Å²) in [5, 5.41) is 8.31. The zero-order valence-electron chi connectivity index (χ0n) is 5.33. The average molecular weight is 130 g/mol. The summed E-state index contributed by atoms with van der Waals surface area (Å²) in [6.45, 7) is 5.42. The van der Waals surface area contributed by atoms with Crippen LogP contribution < -0.4 is 0 Å². The fourth-order valence-corrected chi connectivity index (χ4v) is 0.420. The Kier molecular flexibility index (Phi) is 3.71. The van der Waals surface area contributed by atoms with Crippen LogP contribution in [-0.2, 0) is 9.53 Å². The Morgan fingerprint density at radius 2 is 2.56 bits per heavy atom.